The Bertz CT molecular complexity index is 91.7. The highest BCUT2D eigenvalue weighted by molar-refractivity contribution is 8.20. The molecule has 0 aliphatic carbocycles. The van der Waals surface area contributed by atoms with Gasteiger partial charge in [0.2, 0.25) is 0 Å². The number of hydrogen-bond donors (Lipinski definition) is 1. The van der Waals surface area contributed by atoms with Crippen LogP contribution in [0.1, 0.15) is 13.8 Å². The Kier molecular flexibility index (Phi) is 2.35. The molecule has 1 aliphatic heterocycles. The maximum atomic E-state index is 5.90. The van der Waals surface area contributed by atoms with Crippen LogP contribution in [0, 0.1) is 0 Å². The van der Waals surface area contributed by atoms with Crippen molar-refractivity contribution < 1.29 is 0 Å². The van der Waals surface area contributed by atoms with Crippen LogP contribution < -0.4 is 5.73 Å². The minimum atomic E-state index is 0.00579. The van der Waals surface area contributed by atoms with E-state index in [2.05, 4.69) is 13.8 Å². The normalized spacial score (nSPS) is 23.0. The fourth-order valence-corrected chi connectivity index (χ4v) is 3.81. The molecular formula is C6H13NS2. The van der Waals surface area contributed by atoms with Gasteiger partial charge in [0.15, 0.2) is 0 Å². The van der Waals surface area contributed by atoms with E-state index in [4.69, 9.17) is 5.73 Å². The lowest BCUT2D eigenvalue weighted by Gasteiger charge is -2.24. The highest BCUT2D eigenvalue weighted by Crippen LogP contribution is 2.37. The largest absolute Gasteiger partial charge is 0.324 e. The van der Waals surface area contributed by atoms with Gasteiger partial charge in [-0.2, -0.15) is 0 Å². The summed E-state index contributed by atoms with van der Waals surface area (Å²) in [5.74, 6) is 2.55. The topological polar surface area (TPSA) is 26.0 Å². The number of hydrogen-bond acceptors (Lipinski definition) is 3. The molecule has 0 unspecified atom stereocenters. The summed E-state index contributed by atoms with van der Waals surface area (Å²) in [6.45, 7) is 4.20. The van der Waals surface area contributed by atoms with Gasteiger partial charge in [0.25, 0.3) is 0 Å². The maximum Gasteiger partial charge on any atom is 0.0676 e. The molecule has 1 rings (SSSR count). The Labute approximate surface area is 65.1 Å². The van der Waals surface area contributed by atoms with Crippen LogP contribution in [0.5, 0.6) is 0 Å². The second-order valence-corrected chi connectivity index (χ2v) is 5.62. The van der Waals surface area contributed by atoms with Gasteiger partial charge in [-0.3, -0.25) is 0 Å². The second kappa shape index (κ2) is 2.72. The van der Waals surface area contributed by atoms with Crippen molar-refractivity contribution in [3.63, 3.8) is 0 Å². The number of rotatable bonds is 1. The van der Waals surface area contributed by atoms with Crippen LogP contribution in [-0.4, -0.2) is 21.6 Å². The molecule has 0 amide bonds. The van der Waals surface area contributed by atoms with Gasteiger partial charge in [-0.1, -0.05) is 0 Å². The molecule has 1 aliphatic rings. The fourth-order valence-electron chi connectivity index (χ4n) is 0.788. The van der Waals surface area contributed by atoms with Gasteiger partial charge in [0.05, 0.1) is 4.58 Å². The van der Waals surface area contributed by atoms with E-state index in [1.807, 2.05) is 23.5 Å². The van der Waals surface area contributed by atoms with Crippen LogP contribution in [0.4, 0.5) is 0 Å². The molecule has 1 nitrogen and oxygen atoms in total. The van der Waals surface area contributed by atoms with Crippen LogP contribution in [0.25, 0.3) is 0 Å². The smallest absolute Gasteiger partial charge is 0.0676 e. The molecular weight excluding hydrogens is 150 g/mol. The quantitative estimate of drug-likeness (QED) is 0.635. The van der Waals surface area contributed by atoms with Crippen LogP contribution in [0.3, 0.4) is 0 Å². The molecule has 2 N–H and O–H groups in total. The molecule has 3 heteroatoms. The first-order valence-electron chi connectivity index (χ1n) is 3.13. The van der Waals surface area contributed by atoms with Gasteiger partial charge in [-0.15, -0.1) is 23.5 Å². The summed E-state index contributed by atoms with van der Waals surface area (Å²) in [5.41, 5.74) is 5.90. The Morgan fingerprint density at radius 3 is 2.00 bits per heavy atom. The summed E-state index contributed by atoms with van der Waals surface area (Å²) < 4.78 is 0.623. The zero-order chi connectivity index (χ0) is 6.91. The molecule has 0 aromatic rings. The van der Waals surface area contributed by atoms with Gasteiger partial charge >= 0.3 is 0 Å². The summed E-state index contributed by atoms with van der Waals surface area (Å²) in [5, 5.41) is 0. The summed E-state index contributed by atoms with van der Waals surface area (Å²) in [4.78, 5) is 0. The van der Waals surface area contributed by atoms with Gasteiger partial charge < -0.3 is 5.73 Å². The summed E-state index contributed by atoms with van der Waals surface area (Å²) in [7, 11) is 0. The lowest BCUT2D eigenvalue weighted by Crippen LogP contribution is -2.40. The van der Waals surface area contributed by atoms with Crippen LogP contribution >= 0.6 is 23.5 Å². The molecule has 0 radical (unpaired) electrons. The monoisotopic (exact) mass is 163 g/mol. The van der Waals surface area contributed by atoms with Crippen LogP contribution in [0.2, 0.25) is 0 Å². The second-order valence-electron chi connectivity index (χ2n) is 2.89. The third kappa shape index (κ3) is 2.06. The summed E-state index contributed by atoms with van der Waals surface area (Å²) in [6, 6.07) is 0. The van der Waals surface area contributed by atoms with Gasteiger partial charge in [-0.05, 0) is 13.8 Å². The van der Waals surface area contributed by atoms with Gasteiger partial charge in [0, 0.05) is 17.0 Å². The number of nitrogens with two attached hydrogens (primary N) is 1. The first-order chi connectivity index (χ1) is 4.11. The zero-order valence-corrected chi connectivity index (χ0v) is 7.52. The average Bonchev–Trinajstić information content (AvgIpc) is 2.08. The first kappa shape index (κ1) is 7.76. The van der Waals surface area contributed by atoms with Crippen molar-refractivity contribution in [1.82, 2.24) is 0 Å². The van der Waals surface area contributed by atoms with E-state index in [1.165, 1.54) is 11.5 Å². The van der Waals surface area contributed by atoms with E-state index in [-0.39, 0.29) is 5.54 Å². The Hall–Kier alpha value is 0.660. The van der Waals surface area contributed by atoms with E-state index >= 15 is 0 Å². The molecule has 54 valence electrons. The Balaban J connectivity index is 2.42. The highest BCUT2D eigenvalue weighted by Gasteiger charge is 2.28. The predicted octanol–water partition coefficient (Wildman–Crippen LogP) is 1.53. The van der Waals surface area contributed by atoms with Crippen molar-refractivity contribution in [2.24, 2.45) is 5.73 Å². The summed E-state index contributed by atoms with van der Waals surface area (Å²) >= 11 is 3.97. The molecule has 1 saturated heterocycles. The van der Waals surface area contributed by atoms with Crippen molar-refractivity contribution in [3.8, 4) is 0 Å². The molecule has 9 heavy (non-hydrogen) atoms. The highest BCUT2D eigenvalue weighted by atomic mass is 32.2. The van der Waals surface area contributed by atoms with E-state index in [1.54, 1.807) is 0 Å². The average molecular weight is 163 g/mol. The Morgan fingerprint density at radius 1 is 1.33 bits per heavy atom. The zero-order valence-electron chi connectivity index (χ0n) is 5.89. The van der Waals surface area contributed by atoms with Crippen molar-refractivity contribution in [2.75, 3.05) is 11.5 Å². The molecule has 0 spiro atoms. The lowest BCUT2D eigenvalue weighted by molar-refractivity contribution is 0.571. The van der Waals surface area contributed by atoms with Crippen molar-refractivity contribution in [2.45, 2.75) is 24.0 Å². The van der Waals surface area contributed by atoms with E-state index in [0.29, 0.717) is 4.58 Å². The molecule has 0 aromatic heterocycles. The Morgan fingerprint density at radius 2 is 1.78 bits per heavy atom. The van der Waals surface area contributed by atoms with E-state index in [0.717, 1.165) is 0 Å². The standard InChI is InChI=1S/C6H13NS2/c1-6(2,7)5-8-3-4-9-5/h5H,3-4,7H2,1-2H3. The fraction of sp³-hybridized carbons (Fsp3) is 1.00. The third-order valence-corrected chi connectivity index (χ3v) is 5.00. The molecule has 0 aromatic carbocycles. The predicted molar refractivity (Wildman–Crippen MR) is 47.0 cm³/mol. The molecule has 0 atom stereocenters. The summed E-state index contributed by atoms with van der Waals surface area (Å²) in [6.07, 6.45) is 0. The van der Waals surface area contributed by atoms with Crippen molar-refractivity contribution in [1.29, 1.82) is 0 Å². The first-order valence-corrected chi connectivity index (χ1v) is 5.22. The molecule has 0 saturated carbocycles. The van der Waals surface area contributed by atoms with Crippen molar-refractivity contribution >= 4 is 23.5 Å². The van der Waals surface area contributed by atoms with Crippen molar-refractivity contribution in [3.05, 3.63) is 0 Å². The molecule has 1 heterocycles. The number of thioether (sulfide) groups is 2. The maximum absolute atomic E-state index is 5.90. The molecule has 0 bridgehead atoms. The minimum absolute atomic E-state index is 0.00579. The SMILES string of the molecule is CC(C)(N)C1SCCS1. The van der Waals surface area contributed by atoms with Crippen LogP contribution in [0.15, 0.2) is 0 Å². The van der Waals surface area contributed by atoms with E-state index in [9.17, 15) is 0 Å². The van der Waals surface area contributed by atoms with Crippen LogP contribution in [-0.2, 0) is 0 Å². The lowest BCUT2D eigenvalue weighted by atomic mass is 10.1. The van der Waals surface area contributed by atoms with Gasteiger partial charge in [-0.25, -0.2) is 0 Å². The minimum Gasteiger partial charge on any atom is -0.324 e. The van der Waals surface area contributed by atoms with E-state index < -0.39 is 0 Å². The van der Waals surface area contributed by atoms with Gasteiger partial charge in [0.1, 0.15) is 0 Å². The molecule has 1 fully saturated rings. The third-order valence-electron chi connectivity index (χ3n) is 1.23.